The van der Waals surface area contributed by atoms with Crippen molar-refractivity contribution in [2.75, 3.05) is 29.9 Å². The molecule has 4 heterocycles. The van der Waals surface area contributed by atoms with Crippen LogP contribution in [-0.4, -0.2) is 41.5 Å². The molecule has 6 rings (SSSR count). The van der Waals surface area contributed by atoms with Crippen molar-refractivity contribution in [2.45, 2.75) is 38.3 Å². The van der Waals surface area contributed by atoms with Gasteiger partial charge in [-0.15, -0.1) is 0 Å². The van der Waals surface area contributed by atoms with E-state index in [1.54, 1.807) is 0 Å². The molecule has 0 radical (unpaired) electrons. The third kappa shape index (κ3) is 4.41. The number of aromatic nitrogens is 1. The number of amides is 3. The van der Waals surface area contributed by atoms with E-state index in [1.165, 1.54) is 11.1 Å². The summed E-state index contributed by atoms with van der Waals surface area (Å²) in [5.41, 5.74) is 5.79. The number of rotatable bonds is 4. The molecule has 1 aromatic heterocycles. The van der Waals surface area contributed by atoms with E-state index in [2.05, 4.69) is 44.8 Å². The van der Waals surface area contributed by atoms with E-state index >= 15 is 0 Å². The first kappa shape index (κ1) is 22.6. The zero-order chi connectivity index (χ0) is 24.5. The molecule has 7 heteroatoms. The van der Waals surface area contributed by atoms with Crippen LogP contribution in [0.3, 0.4) is 0 Å². The number of para-hydroxylation sites is 1. The van der Waals surface area contributed by atoms with E-state index in [9.17, 15) is 9.59 Å². The van der Waals surface area contributed by atoms with Crippen molar-refractivity contribution in [1.82, 2.24) is 15.2 Å². The lowest BCUT2D eigenvalue weighted by Crippen LogP contribution is -2.45. The van der Waals surface area contributed by atoms with E-state index in [1.807, 2.05) is 47.5 Å². The second-order valence-electron chi connectivity index (χ2n) is 10.0. The maximum absolute atomic E-state index is 12.8. The van der Waals surface area contributed by atoms with Crippen LogP contribution < -0.4 is 15.5 Å². The fraction of sp³-hybridized carbons (Fsp3) is 0.345. The molecule has 3 amide bonds. The lowest BCUT2D eigenvalue weighted by Gasteiger charge is -2.34. The van der Waals surface area contributed by atoms with Crippen LogP contribution in [0.15, 0.2) is 66.9 Å². The van der Waals surface area contributed by atoms with Gasteiger partial charge in [0.25, 0.3) is 0 Å². The summed E-state index contributed by atoms with van der Waals surface area (Å²) in [4.78, 5) is 34.2. The molecule has 1 unspecified atom stereocenters. The summed E-state index contributed by atoms with van der Waals surface area (Å²) in [6.45, 7) is 3.62. The van der Waals surface area contributed by atoms with Gasteiger partial charge < -0.3 is 20.4 Å². The number of pyridine rings is 1. The maximum Gasteiger partial charge on any atom is 0.317 e. The van der Waals surface area contributed by atoms with Crippen LogP contribution in [0, 0.1) is 5.92 Å². The summed E-state index contributed by atoms with van der Waals surface area (Å²) < 4.78 is 0. The molecule has 1 saturated heterocycles. The molecule has 184 valence electrons. The number of carbonyl (C=O) groups excluding carboxylic acids is 2. The lowest BCUT2D eigenvalue weighted by molar-refractivity contribution is -0.118. The standard InChI is InChI=1S/C29H31N5O2/c35-28-27(24-7-3-4-8-25(24)32-28)22-12-14-33(15-13-22)29(36)31-18-20-9-10-26(30-17-20)34-16-11-21-5-1-2-6-23(21)19-34/h1-10,17,22,27H,11-16,18-19H2,(H,31,36)(H,32,35). The van der Waals surface area contributed by atoms with Crippen molar-refractivity contribution >= 4 is 23.4 Å². The highest BCUT2D eigenvalue weighted by Crippen LogP contribution is 2.41. The van der Waals surface area contributed by atoms with Crippen molar-refractivity contribution in [1.29, 1.82) is 0 Å². The number of carbonyl (C=O) groups is 2. The minimum absolute atomic E-state index is 0.0542. The van der Waals surface area contributed by atoms with E-state index in [-0.39, 0.29) is 23.8 Å². The first-order valence-corrected chi connectivity index (χ1v) is 12.8. The predicted molar refractivity (Wildman–Crippen MR) is 140 cm³/mol. The summed E-state index contributed by atoms with van der Waals surface area (Å²) in [5, 5.41) is 6.05. The zero-order valence-corrected chi connectivity index (χ0v) is 20.3. The Kier molecular flexibility index (Phi) is 6.05. The second kappa shape index (κ2) is 9.64. The van der Waals surface area contributed by atoms with Gasteiger partial charge in [-0.1, -0.05) is 48.5 Å². The Morgan fingerprint density at radius 3 is 2.56 bits per heavy atom. The number of hydrogen-bond donors (Lipinski definition) is 2. The van der Waals surface area contributed by atoms with Crippen molar-refractivity contribution in [3.8, 4) is 0 Å². The number of hydrogen-bond acceptors (Lipinski definition) is 4. The highest BCUT2D eigenvalue weighted by molar-refractivity contribution is 6.03. The van der Waals surface area contributed by atoms with Crippen LogP contribution in [0.25, 0.3) is 0 Å². The molecule has 0 spiro atoms. The highest BCUT2D eigenvalue weighted by atomic mass is 16.2. The number of benzene rings is 2. The Labute approximate surface area is 211 Å². The predicted octanol–water partition coefficient (Wildman–Crippen LogP) is 4.30. The minimum Gasteiger partial charge on any atom is -0.352 e. The Morgan fingerprint density at radius 2 is 1.75 bits per heavy atom. The van der Waals surface area contributed by atoms with Gasteiger partial charge in [0, 0.05) is 44.6 Å². The number of piperidine rings is 1. The Morgan fingerprint density at radius 1 is 0.972 bits per heavy atom. The molecule has 0 aliphatic carbocycles. The van der Waals surface area contributed by atoms with Gasteiger partial charge in [-0.05, 0) is 59.6 Å². The van der Waals surface area contributed by atoms with Gasteiger partial charge in [0.1, 0.15) is 5.82 Å². The molecular formula is C29H31N5O2. The molecule has 3 aliphatic heterocycles. The van der Waals surface area contributed by atoms with Crippen LogP contribution in [0.1, 0.15) is 41.0 Å². The fourth-order valence-electron chi connectivity index (χ4n) is 5.83. The zero-order valence-electron chi connectivity index (χ0n) is 20.3. The van der Waals surface area contributed by atoms with E-state index in [0.29, 0.717) is 19.6 Å². The second-order valence-corrected chi connectivity index (χ2v) is 10.0. The largest absolute Gasteiger partial charge is 0.352 e. The smallest absolute Gasteiger partial charge is 0.317 e. The summed E-state index contributed by atoms with van der Waals surface area (Å²) >= 11 is 0. The molecule has 36 heavy (non-hydrogen) atoms. The summed E-state index contributed by atoms with van der Waals surface area (Å²) in [5.74, 6) is 1.21. The number of fused-ring (bicyclic) bond motifs is 2. The van der Waals surface area contributed by atoms with Crippen LogP contribution in [0.5, 0.6) is 0 Å². The first-order chi connectivity index (χ1) is 17.7. The monoisotopic (exact) mass is 481 g/mol. The van der Waals surface area contributed by atoms with Crippen LogP contribution >= 0.6 is 0 Å². The highest BCUT2D eigenvalue weighted by Gasteiger charge is 2.38. The van der Waals surface area contributed by atoms with Crippen molar-refractivity contribution in [3.63, 3.8) is 0 Å². The van der Waals surface area contributed by atoms with E-state index in [0.717, 1.165) is 55.0 Å². The van der Waals surface area contributed by atoms with Gasteiger partial charge in [-0.2, -0.15) is 0 Å². The maximum atomic E-state index is 12.8. The Hall–Kier alpha value is -3.87. The normalized spacial score (nSPS) is 19.4. The molecular weight excluding hydrogens is 450 g/mol. The van der Waals surface area contributed by atoms with Crippen LogP contribution in [0.4, 0.5) is 16.3 Å². The number of urea groups is 1. The van der Waals surface area contributed by atoms with Crippen molar-refractivity contribution in [3.05, 3.63) is 89.1 Å². The summed E-state index contributed by atoms with van der Waals surface area (Å²) in [7, 11) is 0. The molecule has 0 saturated carbocycles. The third-order valence-electron chi connectivity index (χ3n) is 7.84. The summed E-state index contributed by atoms with van der Waals surface area (Å²) in [6.07, 6.45) is 4.55. The number of likely N-dealkylation sites (tertiary alicyclic amines) is 1. The molecule has 0 bridgehead atoms. The SMILES string of the molecule is O=C1Nc2ccccc2C1C1CCN(C(=O)NCc2ccc(N3CCc4ccccc4C3)nc2)CC1. The molecule has 3 aliphatic rings. The van der Waals surface area contributed by atoms with Crippen molar-refractivity contribution < 1.29 is 9.59 Å². The molecule has 3 aromatic rings. The minimum atomic E-state index is -0.107. The number of nitrogens with zero attached hydrogens (tertiary/aromatic N) is 3. The average Bonchev–Trinajstić information content (AvgIpc) is 3.27. The van der Waals surface area contributed by atoms with Crippen LogP contribution in [-0.2, 0) is 24.3 Å². The number of anilines is 2. The molecule has 7 nitrogen and oxygen atoms in total. The van der Waals surface area contributed by atoms with Gasteiger partial charge in [-0.3, -0.25) is 4.79 Å². The quantitative estimate of drug-likeness (QED) is 0.583. The average molecular weight is 482 g/mol. The lowest BCUT2D eigenvalue weighted by atomic mass is 9.81. The molecule has 1 fully saturated rings. The summed E-state index contributed by atoms with van der Waals surface area (Å²) in [6, 6.07) is 20.6. The van der Waals surface area contributed by atoms with Crippen molar-refractivity contribution in [2.24, 2.45) is 5.92 Å². The molecule has 2 N–H and O–H groups in total. The fourth-order valence-corrected chi connectivity index (χ4v) is 5.83. The van der Waals surface area contributed by atoms with Gasteiger partial charge in [0.2, 0.25) is 5.91 Å². The topological polar surface area (TPSA) is 77.6 Å². The Bertz CT molecular complexity index is 1270. The third-order valence-corrected chi connectivity index (χ3v) is 7.84. The van der Waals surface area contributed by atoms with Gasteiger partial charge >= 0.3 is 6.03 Å². The van der Waals surface area contributed by atoms with E-state index in [4.69, 9.17) is 0 Å². The van der Waals surface area contributed by atoms with Crippen LogP contribution in [0.2, 0.25) is 0 Å². The van der Waals surface area contributed by atoms with Gasteiger partial charge in [-0.25, -0.2) is 9.78 Å². The Balaban J connectivity index is 0.997. The molecule has 2 aromatic carbocycles. The van der Waals surface area contributed by atoms with E-state index < -0.39 is 0 Å². The first-order valence-electron chi connectivity index (χ1n) is 12.8. The van der Waals surface area contributed by atoms with Gasteiger partial charge in [0.15, 0.2) is 0 Å². The molecule has 1 atom stereocenters. The number of nitrogens with one attached hydrogen (secondary N) is 2. The van der Waals surface area contributed by atoms with Gasteiger partial charge in [0.05, 0.1) is 5.92 Å².